The van der Waals surface area contributed by atoms with E-state index in [9.17, 15) is 13.0 Å². The van der Waals surface area contributed by atoms with E-state index in [0.29, 0.717) is 0 Å². The zero-order chi connectivity index (χ0) is 8.41. The van der Waals surface area contributed by atoms with E-state index in [-0.39, 0.29) is 0 Å². The summed E-state index contributed by atoms with van der Waals surface area (Å²) in [5, 5.41) is 0. The van der Waals surface area contributed by atoms with Crippen LogP contribution < -0.4 is 0 Å². The highest BCUT2D eigenvalue weighted by atomic mass is 32.2. The first-order valence-electron chi connectivity index (χ1n) is 2.08. The molecule has 0 saturated heterocycles. The lowest BCUT2D eigenvalue weighted by Crippen LogP contribution is -2.05. The summed E-state index contributed by atoms with van der Waals surface area (Å²) in [5.74, 6) is -0.961. The molecule has 0 aliphatic carbocycles. The molecule has 0 aliphatic heterocycles. The van der Waals surface area contributed by atoms with Gasteiger partial charge in [0, 0.05) is 6.26 Å². The summed E-state index contributed by atoms with van der Waals surface area (Å²) in [6, 6.07) is 0. The highest BCUT2D eigenvalue weighted by Crippen LogP contribution is 2.35. The Hall–Kier alpha value is 0.0600. The van der Waals surface area contributed by atoms with Gasteiger partial charge in [-0.1, -0.05) is 0 Å². The number of rotatable bonds is 3. The predicted octanol–water partition coefficient (Wildman–Crippen LogP) is -0.902. The number of hydrogen-bond donors (Lipinski definition) is 2. The summed E-state index contributed by atoms with van der Waals surface area (Å²) in [5.41, 5.74) is 0. The largest absolute Gasteiger partial charge is 0.470 e. The van der Waals surface area contributed by atoms with Crippen LogP contribution in [-0.4, -0.2) is 30.4 Å². The van der Waals surface area contributed by atoms with Crippen molar-refractivity contribution in [2.45, 2.75) is 0 Å². The van der Waals surface area contributed by atoms with E-state index in [1.165, 1.54) is 0 Å². The van der Waals surface area contributed by atoms with Crippen LogP contribution in [0.15, 0.2) is 0 Å². The van der Waals surface area contributed by atoms with Crippen molar-refractivity contribution in [3.63, 3.8) is 0 Å². The van der Waals surface area contributed by atoms with Crippen LogP contribution in [0, 0.1) is 0 Å². The topological polar surface area (TPSA) is 101 Å². The minimum absolute atomic E-state index is 0.808. The van der Waals surface area contributed by atoms with E-state index in [4.69, 9.17) is 9.79 Å². The molecule has 0 radical (unpaired) electrons. The fraction of sp³-hybridized carbons (Fsp3) is 1.00. The van der Waals surface area contributed by atoms with Crippen LogP contribution in [-0.2, 0) is 18.9 Å². The fourth-order valence-corrected chi connectivity index (χ4v) is 1.48. The molecule has 10 heavy (non-hydrogen) atoms. The molecule has 0 aromatic heterocycles. The Morgan fingerprint density at radius 1 is 1.50 bits per heavy atom. The Morgan fingerprint density at radius 2 is 1.90 bits per heavy atom. The minimum Gasteiger partial charge on any atom is -0.303 e. The molecular weight excluding hydrogens is 183 g/mol. The van der Waals surface area contributed by atoms with Gasteiger partial charge in [0.25, 0.3) is 0 Å². The van der Waals surface area contributed by atoms with Gasteiger partial charge in [-0.2, -0.15) is 0 Å². The maximum atomic E-state index is 10.2. The normalized spacial score (nSPS) is 13.5. The predicted molar refractivity (Wildman–Crippen MR) is 32.8 cm³/mol. The van der Waals surface area contributed by atoms with Gasteiger partial charge in [-0.25, -0.2) is 13.0 Å². The van der Waals surface area contributed by atoms with Crippen molar-refractivity contribution in [2.24, 2.45) is 0 Å². The summed E-state index contributed by atoms with van der Waals surface area (Å²) in [6.07, 6.45) is 0.808. The molecule has 0 heterocycles. The first-order valence-corrected chi connectivity index (χ1v) is 5.67. The Kier molecular flexibility index (Phi) is 3.00. The summed E-state index contributed by atoms with van der Waals surface area (Å²) in [4.78, 5) is 16.0. The van der Waals surface area contributed by atoms with Gasteiger partial charge in [0.1, 0.15) is 0 Å². The van der Waals surface area contributed by atoms with Gasteiger partial charge >= 0.3 is 7.82 Å². The Bertz CT molecular complexity index is 234. The molecule has 62 valence electrons. The third-order valence-corrected chi connectivity index (χ3v) is 1.62. The van der Waals surface area contributed by atoms with E-state index in [2.05, 4.69) is 4.52 Å². The molecule has 0 bridgehead atoms. The Morgan fingerprint density at radius 3 is 2.00 bits per heavy atom. The SMILES string of the molecule is CS(=O)(=O)COP(=O)(O)O. The summed E-state index contributed by atoms with van der Waals surface area (Å²) in [7, 11) is -8.11. The second-order valence-corrected chi connectivity index (χ2v) is 4.99. The highest BCUT2D eigenvalue weighted by molar-refractivity contribution is 7.90. The molecule has 0 aliphatic rings. The second-order valence-electron chi connectivity index (χ2n) is 1.66. The first kappa shape index (κ1) is 10.1. The maximum Gasteiger partial charge on any atom is 0.470 e. The average molecular weight is 190 g/mol. The number of phosphoric ester groups is 1. The van der Waals surface area contributed by atoms with Gasteiger partial charge in [0.15, 0.2) is 15.8 Å². The summed E-state index contributed by atoms with van der Waals surface area (Å²) in [6.45, 7) is 0. The molecule has 0 unspecified atom stereocenters. The van der Waals surface area contributed by atoms with Crippen LogP contribution in [0.1, 0.15) is 0 Å². The summed E-state index contributed by atoms with van der Waals surface area (Å²) >= 11 is 0. The van der Waals surface area contributed by atoms with Crippen LogP contribution in [0.3, 0.4) is 0 Å². The van der Waals surface area contributed by atoms with Gasteiger partial charge in [0.2, 0.25) is 0 Å². The van der Waals surface area contributed by atoms with E-state index >= 15 is 0 Å². The lowest BCUT2D eigenvalue weighted by molar-refractivity contribution is 0.223. The molecular formula is C2H7O6PS. The molecule has 0 spiro atoms. The number of phosphoric acid groups is 1. The van der Waals surface area contributed by atoms with Crippen molar-refractivity contribution >= 4 is 17.7 Å². The van der Waals surface area contributed by atoms with Gasteiger partial charge in [-0.15, -0.1) is 0 Å². The second kappa shape index (κ2) is 2.98. The first-order chi connectivity index (χ1) is 4.21. The molecule has 0 saturated carbocycles. The molecule has 2 N–H and O–H groups in total. The van der Waals surface area contributed by atoms with E-state index in [1.54, 1.807) is 0 Å². The lowest BCUT2D eigenvalue weighted by atomic mass is 11.7. The van der Waals surface area contributed by atoms with Crippen LogP contribution in [0.25, 0.3) is 0 Å². The van der Waals surface area contributed by atoms with Crippen molar-refractivity contribution in [1.29, 1.82) is 0 Å². The molecule has 0 amide bonds. The summed E-state index contributed by atoms with van der Waals surface area (Å²) < 4.78 is 34.0. The van der Waals surface area contributed by atoms with Crippen LogP contribution >= 0.6 is 7.82 Å². The van der Waals surface area contributed by atoms with Gasteiger partial charge in [-0.05, 0) is 0 Å². The minimum atomic E-state index is -4.64. The fourth-order valence-electron chi connectivity index (χ4n) is 0.164. The van der Waals surface area contributed by atoms with Crippen LogP contribution in [0.4, 0.5) is 0 Å². The van der Waals surface area contributed by atoms with E-state index in [0.717, 1.165) is 6.26 Å². The molecule has 0 fully saturated rings. The number of hydrogen-bond acceptors (Lipinski definition) is 4. The zero-order valence-electron chi connectivity index (χ0n) is 5.09. The maximum absolute atomic E-state index is 10.2. The monoisotopic (exact) mass is 190 g/mol. The van der Waals surface area contributed by atoms with E-state index in [1.807, 2.05) is 0 Å². The van der Waals surface area contributed by atoms with Gasteiger partial charge < -0.3 is 9.79 Å². The van der Waals surface area contributed by atoms with Crippen LogP contribution in [0.2, 0.25) is 0 Å². The average Bonchev–Trinajstić information content (AvgIpc) is 1.57. The van der Waals surface area contributed by atoms with Crippen LogP contribution in [0.5, 0.6) is 0 Å². The quantitative estimate of drug-likeness (QED) is 0.559. The molecule has 8 heteroatoms. The van der Waals surface area contributed by atoms with Crippen molar-refractivity contribution < 1.29 is 27.3 Å². The molecule has 0 rings (SSSR count). The Balaban J connectivity index is 3.92. The van der Waals surface area contributed by atoms with Gasteiger partial charge in [-0.3, -0.25) is 4.52 Å². The Labute approximate surface area is 58.0 Å². The third kappa shape index (κ3) is 8.06. The van der Waals surface area contributed by atoms with E-state index < -0.39 is 23.6 Å². The molecule has 0 aromatic rings. The zero-order valence-corrected chi connectivity index (χ0v) is 6.80. The van der Waals surface area contributed by atoms with Crippen molar-refractivity contribution in [1.82, 2.24) is 0 Å². The molecule has 6 nitrogen and oxygen atoms in total. The smallest absolute Gasteiger partial charge is 0.303 e. The van der Waals surface area contributed by atoms with Crippen molar-refractivity contribution in [2.75, 3.05) is 12.2 Å². The number of sulfone groups is 1. The molecule has 0 atom stereocenters. The van der Waals surface area contributed by atoms with Crippen molar-refractivity contribution in [3.05, 3.63) is 0 Å². The third-order valence-electron chi connectivity index (χ3n) is 0.435. The highest BCUT2D eigenvalue weighted by Gasteiger charge is 2.16. The lowest BCUT2D eigenvalue weighted by Gasteiger charge is -2.01. The standard InChI is InChI=1S/C2H7O6PS/c1-10(6,7)2-8-9(3,4)5/h2H2,1H3,(H2,3,4,5). The van der Waals surface area contributed by atoms with Crippen molar-refractivity contribution in [3.8, 4) is 0 Å². The molecule has 0 aromatic carbocycles. The van der Waals surface area contributed by atoms with Gasteiger partial charge in [0.05, 0.1) is 0 Å².